The lowest BCUT2D eigenvalue weighted by Crippen LogP contribution is -2.17. The van der Waals surface area contributed by atoms with E-state index in [0.717, 1.165) is 27.2 Å². The lowest BCUT2D eigenvalue weighted by molar-refractivity contribution is -0.119. The maximum absolute atomic E-state index is 11.6. The Morgan fingerprint density at radius 2 is 2.22 bits per heavy atom. The van der Waals surface area contributed by atoms with Crippen LogP contribution in [0.4, 0.5) is 11.4 Å². The van der Waals surface area contributed by atoms with Crippen molar-refractivity contribution in [1.82, 2.24) is 4.98 Å². The van der Waals surface area contributed by atoms with Crippen molar-refractivity contribution in [2.24, 2.45) is 0 Å². The summed E-state index contributed by atoms with van der Waals surface area (Å²) in [6.45, 7) is 0.723. The molecular weight excluding hydrogens is 310 g/mol. The first-order valence-corrected chi connectivity index (χ1v) is 8.08. The second-order valence-electron chi connectivity index (χ2n) is 5.03. The van der Waals surface area contributed by atoms with Crippen molar-refractivity contribution >= 4 is 38.8 Å². The van der Waals surface area contributed by atoms with E-state index >= 15 is 0 Å². The van der Waals surface area contributed by atoms with Crippen LogP contribution < -0.4 is 10.6 Å². The molecule has 0 fully saturated rings. The van der Waals surface area contributed by atoms with E-state index in [1.165, 1.54) is 7.11 Å². The molecule has 118 valence electrons. The number of nitrogens with one attached hydrogen (secondary N) is 2. The number of aromatic nitrogens is 1. The van der Waals surface area contributed by atoms with Crippen LogP contribution in [0.5, 0.6) is 0 Å². The van der Waals surface area contributed by atoms with Gasteiger partial charge in [0.2, 0.25) is 5.91 Å². The maximum Gasteiger partial charge on any atom is 0.250 e. The van der Waals surface area contributed by atoms with Crippen LogP contribution >= 0.6 is 11.3 Å². The van der Waals surface area contributed by atoms with Crippen LogP contribution in [-0.4, -0.2) is 24.6 Å². The summed E-state index contributed by atoms with van der Waals surface area (Å²) in [4.78, 5) is 15.9. The van der Waals surface area contributed by atoms with Gasteiger partial charge in [0.15, 0.2) is 0 Å². The van der Waals surface area contributed by atoms with Crippen LogP contribution in [0.1, 0.15) is 5.56 Å². The van der Waals surface area contributed by atoms with E-state index in [1.54, 1.807) is 17.5 Å². The number of rotatable bonds is 6. The minimum atomic E-state index is -0.160. The first-order valence-electron chi connectivity index (χ1n) is 7.20. The zero-order valence-electron chi connectivity index (χ0n) is 12.7. The molecule has 0 saturated carbocycles. The number of hydrogen-bond donors (Lipinski definition) is 2. The van der Waals surface area contributed by atoms with Gasteiger partial charge in [-0.05, 0) is 35.2 Å². The highest BCUT2D eigenvalue weighted by atomic mass is 32.1. The average molecular weight is 327 g/mol. The van der Waals surface area contributed by atoms with E-state index in [2.05, 4.69) is 15.6 Å². The molecule has 0 atom stereocenters. The van der Waals surface area contributed by atoms with Crippen molar-refractivity contribution in [3.8, 4) is 0 Å². The molecule has 5 nitrogen and oxygen atoms in total. The molecule has 0 radical (unpaired) electrons. The number of amides is 1. The van der Waals surface area contributed by atoms with E-state index in [0.29, 0.717) is 6.54 Å². The van der Waals surface area contributed by atoms with Gasteiger partial charge in [0, 0.05) is 25.5 Å². The summed E-state index contributed by atoms with van der Waals surface area (Å²) in [6.07, 6.45) is 1.80. The summed E-state index contributed by atoms with van der Waals surface area (Å²) in [5.74, 6) is -0.160. The van der Waals surface area contributed by atoms with Crippen molar-refractivity contribution < 1.29 is 9.53 Å². The third kappa shape index (κ3) is 3.85. The van der Waals surface area contributed by atoms with Crippen LogP contribution in [0.15, 0.2) is 48.0 Å². The standard InChI is InChI=1S/C17H17N3O2S/c1-22-11-16(21)20-13-4-2-3-12(9-13)10-19-14-5-7-18-15-6-8-23-17(14)15/h2-9H,10-11H2,1H3,(H,18,19)(H,20,21). The maximum atomic E-state index is 11.6. The van der Waals surface area contributed by atoms with Crippen molar-refractivity contribution in [3.63, 3.8) is 0 Å². The van der Waals surface area contributed by atoms with Gasteiger partial charge in [-0.3, -0.25) is 9.78 Å². The molecule has 3 aromatic rings. The number of fused-ring (bicyclic) bond motifs is 1. The van der Waals surface area contributed by atoms with Crippen LogP contribution in [0.2, 0.25) is 0 Å². The second kappa shape index (κ2) is 7.21. The molecule has 0 aliphatic rings. The zero-order valence-corrected chi connectivity index (χ0v) is 13.5. The fourth-order valence-corrected chi connectivity index (χ4v) is 3.14. The molecule has 0 bridgehead atoms. The van der Waals surface area contributed by atoms with Crippen molar-refractivity contribution in [2.45, 2.75) is 6.54 Å². The van der Waals surface area contributed by atoms with Gasteiger partial charge in [-0.25, -0.2) is 0 Å². The third-order valence-electron chi connectivity index (χ3n) is 3.31. The molecule has 0 saturated heterocycles. The molecule has 0 unspecified atom stereocenters. The van der Waals surface area contributed by atoms with Gasteiger partial charge in [-0.15, -0.1) is 11.3 Å². The van der Waals surface area contributed by atoms with E-state index in [-0.39, 0.29) is 12.5 Å². The molecule has 0 aliphatic carbocycles. The summed E-state index contributed by atoms with van der Waals surface area (Å²) < 4.78 is 5.97. The highest BCUT2D eigenvalue weighted by Crippen LogP contribution is 2.27. The summed E-state index contributed by atoms with van der Waals surface area (Å²) in [5.41, 5.74) is 3.92. The van der Waals surface area contributed by atoms with Gasteiger partial charge in [0.25, 0.3) is 0 Å². The number of methoxy groups -OCH3 is 1. The first-order chi connectivity index (χ1) is 11.3. The average Bonchev–Trinajstić information content (AvgIpc) is 3.02. The number of nitrogens with zero attached hydrogens (tertiary/aromatic N) is 1. The van der Waals surface area contributed by atoms with Crippen LogP contribution in [0.3, 0.4) is 0 Å². The van der Waals surface area contributed by atoms with E-state index in [4.69, 9.17) is 4.74 Å². The minimum absolute atomic E-state index is 0.0514. The Morgan fingerprint density at radius 3 is 3.09 bits per heavy atom. The highest BCUT2D eigenvalue weighted by molar-refractivity contribution is 7.17. The van der Waals surface area contributed by atoms with Gasteiger partial charge < -0.3 is 15.4 Å². The number of carbonyl (C=O) groups is 1. The summed E-state index contributed by atoms with van der Waals surface area (Å²) in [5, 5.41) is 8.27. The Hall–Kier alpha value is -2.44. The zero-order chi connectivity index (χ0) is 16.1. The summed E-state index contributed by atoms with van der Waals surface area (Å²) in [7, 11) is 1.50. The molecule has 2 N–H and O–H groups in total. The molecule has 1 amide bonds. The predicted octanol–water partition coefficient (Wildman–Crippen LogP) is 3.49. The van der Waals surface area contributed by atoms with E-state index in [9.17, 15) is 4.79 Å². The predicted molar refractivity (Wildman–Crippen MR) is 93.9 cm³/mol. The smallest absolute Gasteiger partial charge is 0.250 e. The molecule has 2 aromatic heterocycles. The first kappa shape index (κ1) is 15.5. The van der Waals surface area contributed by atoms with Gasteiger partial charge in [0.05, 0.1) is 15.9 Å². The van der Waals surface area contributed by atoms with Gasteiger partial charge in [-0.2, -0.15) is 0 Å². The van der Waals surface area contributed by atoms with E-state index < -0.39 is 0 Å². The number of hydrogen-bond acceptors (Lipinski definition) is 5. The fraction of sp³-hybridized carbons (Fsp3) is 0.176. The van der Waals surface area contributed by atoms with Gasteiger partial charge >= 0.3 is 0 Å². The molecule has 23 heavy (non-hydrogen) atoms. The normalized spacial score (nSPS) is 10.7. The quantitative estimate of drug-likeness (QED) is 0.727. The Labute approximate surface area is 138 Å². The monoisotopic (exact) mass is 327 g/mol. The SMILES string of the molecule is COCC(=O)Nc1cccc(CNc2ccnc3ccsc23)c1. The number of ether oxygens (including phenoxy) is 1. The largest absolute Gasteiger partial charge is 0.380 e. The molecule has 1 aromatic carbocycles. The molecule has 2 heterocycles. The van der Waals surface area contributed by atoms with Crippen LogP contribution in [-0.2, 0) is 16.1 Å². The Balaban J connectivity index is 1.68. The number of carbonyl (C=O) groups excluding carboxylic acids is 1. The summed E-state index contributed by atoms with van der Waals surface area (Å²) in [6, 6.07) is 11.7. The summed E-state index contributed by atoms with van der Waals surface area (Å²) >= 11 is 1.67. The minimum Gasteiger partial charge on any atom is -0.380 e. The van der Waals surface area contributed by atoms with Gasteiger partial charge in [-0.1, -0.05) is 12.1 Å². The Kier molecular flexibility index (Phi) is 4.85. The Morgan fingerprint density at radius 1 is 1.30 bits per heavy atom. The highest BCUT2D eigenvalue weighted by Gasteiger charge is 2.04. The molecule has 6 heteroatoms. The number of pyridine rings is 1. The van der Waals surface area contributed by atoms with Crippen LogP contribution in [0.25, 0.3) is 10.2 Å². The number of benzene rings is 1. The lowest BCUT2D eigenvalue weighted by atomic mass is 10.2. The molecule has 0 aliphatic heterocycles. The second-order valence-corrected chi connectivity index (χ2v) is 5.94. The molecule has 3 rings (SSSR count). The third-order valence-corrected chi connectivity index (χ3v) is 4.25. The van der Waals surface area contributed by atoms with Crippen molar-refractivity contribution in [1.29, 1.82) is 0 Å². The van der Waals surface area contributed by atoms with Gasteiger partial charge in [0.1, 0.15) is 6.61 Å². The number of thiophene rings is 1. The molecule has 0 spiro atoms. The van der Waals surface area contributed by atoms with E-state index in [1.807, 2.05) is 41.8 Å². The van der Waals surface area contributed by atoms with Crippen molar-refractivity contribution in [3.05, 3.63) is 53.5 Å². The lowest BCUT2D eigenvalue weighted by Gasteiger charge is -2.10. The topological polar surface area (TPSA) is 63.2 Å². The molecular formula is C17H17N3O2S. The fourth-order valence-electron chi connectivity index (χ4n) is 2.30. The van der Waals surface area contributed by atoms with Crippen LogP contribution in [0, 0.1) is 0 Å². The Bertz CT molecular complexity index is 816. The number of anilines is 2. The van der Waals surface area contributed by atoms with Crippen molar-refractivity contribution in [2.75, 3.05) is 24.4 Å².